The van der Waals surface area contributed by atoms with Gasteiger partial charge in [0.15, 0.2) is 0 Å². The fraction of sp³-hybridized carbons (Fsp3) is 0.538. The van der Waals surface area contributed by atoms with Crippen LogP contribution in [0.1, 0.15) is 11.6 Å². The average Bonchev–Trinajstić information content (AvgIpc) is 2.45. The van der Waals surface area contributed by atoms with E-state index >= 15 is 0 Å². The van der Waals surface area contributed by atoms with E-state index in [0.717, 1.165) is 26.2 Å². The Hall–Kier alpha value is -0.850. The molecule has 4 nitrogen and oxygen atoms in total. The van der Waals surface area contributed by atoms with Gasteiger partial charge in [-0.2, -0.15) is 0 Å². The molecule has 1 aromatic carbocycles. The predicted molar refractivity (Wildman–Crippen MR) is 75.5 cm³/mol. The third-order valence-electron chi connectivity index (χ3n) is 3.40. The van der Waals surface area contributed by atoms with Gasteiger partial charge in [-0.3, -0.25) is 4.90 Å². The summed E-state index contributed by atoms with van der Waals surface area (Å²) in [6.45, 7) is 2.67. The Kier molecular flexibility index (Phi) is 5.01. The smallest absolute Gasteiger partial charge is 0.134 e. The van der Waals surface area contributed by atoms with Gasteiger partial charge in [0.1, 0.15) is 18.2 Å². The number of piperazine rings is 1. The third-order valence-corrected chi connectivity index (χ3v) is 4.00. The zero-order chi connectivity index (χ0) is 13.8. The fourth-order valence-electron chi connectivity index (χ4n) is 2.34. The summed E-state index contributed by atoms with van der Waals surface area (Å²) in [4.78, 5) is 2.04. The number of hydrogen-bond donors (Lipinski definition) is 2. The van der Waals surface area contributed by atoms with Gasteiger partial charge in [-0.05, 0) is 28.1 Å². The van der Waals surface area contributed by atoms with Crippen molar-refractivity contribution in [1.82, 2.24) is 10.2 Å². The molecular weight excluding hydrogens is 315 g/mol. The van der Waals surface area contributed by atoms with Crippen LogP contribution in [0.5, 0.6) is 11.5 Å². The normalized spacial score (nSPS) is 18.3. The molecule has 6 heteroatoms. The van der Waals surface area contributed by atoms with Gasteiger partial charge in [-0.25, -0.2) is 4.39 Å². The van der Waals surface area contributed by atoms with Crippen molar-refractivity contribution in [3.05, 3.63) is 22.2 Å². The van der Waals surface area contributed by atoms with E-state index < -0.39 is 12.7 Å². The van der Waals surface area contributed by atoms with Gasteiger partial charge in [0.25, 0.3) is 0 Å². The number of halogens is 2. The summed E-state index contributed by atoms with van der Waals surface area (Å²) in [5, 5.41) is 13.4. The number of methoxy groups -OCH3 is 1. The van der Waals surface area contributed by atoms with Crippen LogP contribution in [-0.4, -0.2) is 50.0 Å². The minimum atomic E-state index is -0.535. The van der Waals surface area contributed by atoms with Crippen LogP contribution < -0.4 is 10.1 Å². The Morgan fingerprint density at radius 2 is 2.16 bits per heavy atom. The van der Waals surface area contributed by atoms with Crippen LogP contribution in [0.2, 0.25) is 0 Å². The number of ether oxygens (including phenoxy) is 1. The Labute approximate surface area is 120 Å². The van der Waals surface area contributed by atoms with E-state index in [1.807, 2.05) is 4.90 Å². The average molecular weight is 333 g/mol. The lowest BCUT2D eigenvalue weighted by atomic mass is 10.0. The van der Waals surface area contributed by atoms with Crippen molar-refractivity contribution in [3.63, 3.8) is 0 Å². The molecule has 1 atom stereocenters. The third kappa shape index (κ3) is 3.19. The molecular formula is C13H18BrFN2O2. The lowest BCUT2D eigenvalue weighted by Gasteiger charge is -2.34. The Bertz CT molecular complexity index is 439. The first-order chi connectivity index (χ1) is 9.17. The number of benzene rings is 1. The molecule has 1 saturated heterocycles. The quantitative estimate of drug-likeness (QED) is 0.886. The highest BCUT2D eigenvalue weighted by molar-refractivity contribution is 9.10. The minimum absolute atomic E-state index is 0.0852. The molecule has 0 bridgehead atoms. The molecule has 0 aliphatic carbocycles. The van der Waals surface area contributed by atoms with Crippen molar-refractivity contribution in [2.75, 3.05) is 40.0 Å². The predicted octanol–water partition coefficient (Wildman–Crippen LogP) is 2.08. The molecule has 1 fully saturated rings. The van der Waals surface area contributed by atoms with E-state index in [0.29, 0.717) is 15.8 Å². The Balaban J connectivity index is 2.33. The fourth-order valence-corrected chi connectivity index (χ4v) is 2.79. The molecule has 1 aliphatic rings. The van der Waals surface area contributed by atoms with Crippen molar-refractivity contribution < 1.29 is 14.2 Å². The van der Waals surface area contributed by atoms with Gasteiger partial charge in [-0.1, -0.05) is 0 Å². The van der Waals surface area contributed by atoms with Crippen molar-refractivity contribution in [3.8, 4) is 11.5 Å². The van der Waals surface area contributed by atoms with Gasteiger partial charge < -0.3 is 15.2 Å². The molecule has 2 N–H and O–H groups in total. The molecule has 106 valence electrons. The topological polar surface area (TPSA) is 44.7 Å². The van der Waals surface area contributed by atoms with Crippen molar-refractivity contribution in [2.24, 2.45) is 0 Å². The van der Waals surface area contributed by atoms with Gasteiger partial charge in [0.05, 0.1) is 17.6 Å². The number of hydrogen-bond acceptors (Lipinski definition) is 4. The summed E-state index contributed by atoms with van der Waals surface area (Å²) < 4.78 is 19.1. The van der Waals surface area contributed by atoms with Gasteiger partial charge in [0.2, 0.25) is 0 Å². The van der Waals surface area contributed by atoms with Crippen LogP contribution in [0.15, 0.2) is 16.6 Å². The minimum Gasteiger partial charge on any atom is -0.506 e. The zero-order valence-corrected chi connectivity index (χ0v) is 12.4. The van der Waals surface area contributed by atoms with Crippen molar-refractivity contribution in [1.29, 1.82) is 0 Å². The van der Waals surface area contributed by atoms with Crippen LogP contribution in [0, 0.1) is 0 Å². The number of phenols is 1. The van der Waals surface area contributed by atoms with Crippen LogP contribution in [0.25, 0.3) is 0 Å². The van der Waals surface area contributed by atoms with Crippen LogP contribution >= 0.6 is 15.9 Å². The summed E-state index contributed by atoms with van der Waals surface area (Å²) in [6.07, 6.45) is 0. The first-order valence-corrected chi connectivity index (χ1v) is 7.03. The Morgan fingerprint density at radius 3 is 2.74 bits per heavy atom. The largest absolute Gasteiger partial charge is 0.506 e. The number of nitrogens with zero attached hydrogens (tertiary/aromatic N) is 1. The van der Waals surface area contributed by atoms with E-state index in [2.05, 4.69) is 21.2 Å². The second-order valence-electron chi connectivity index (χ2n) is 4.50. The summed E-state index contributed by atoms with van der Waals surface area (Å²) in [6, 6.07) is 2.94. The van der Waals surface area contributed by atoms with E-state index in [4.69, 9.17) is 4.74 Å². The van der Waals surface area contributed by atoms with Crippen molar-refractivity contribution in [2.45, 2.75) is 6.04 Å². The monoisotopic (exact) mass is 332 g/mol. The maximum Gasteiger partial charge on any atom is 0.134 e. The molecule has 1 aliphatic heterocycles. The number of alkyl halides is 1. The summed E-state index contributed by atoms with van der Waals surface area (Å²) in [7, 11) is 1.55. The highest BCUT2D eigenvalue weighted by atomic mass is 79.9. The second kappa shape index (κ2) is 6.54. The number of aromatic hydroxyl groups is 1. The molecule has 0 unspecified atom stereocenters. The number of phenolic OH excluding ortho intramolecular Hbond substituents is 1. The molecule has 0 amide bonds. The molecule has 0 aromatic heterocycles. The molecule has 1 heterocycles. The molecule has 0 radical (unpaired) electrons. The summed E-state index contributed by atoms with van der Waals surface area (Å²) >= 11 is 3.28. The zero-order valence-electron chi connectivity index (χ0n) is 10.8. The van der Waals surface area contributed by atoms with E-state index in [-0.39, 0.29) is 5.75 Å². The second-order valence-corrected chi connectivity index (χ2v) is 5.36. The summed E-state index contributed by atoms with van der Waals surface area (Å²) in [5.74, 6) is 0.690. The van der Waals surface area contributed by atoms with Gasteiger partial charge in [-0.15, -0.1) is 0 Å². The first-order valence-electron chi connectivity index (χ1n) is 6.24. The molecule has 19 heavy (non-hydrogen) atoms. The first kappa shape index (κ1) is 14.6. The standard InChI is InChI=1S/C13H18BrFN2O2/c1-19-9-6-10(13(18)11(14)7-9)12(8-15)17-4-2-16-3-5-17/h6-7,12,16,18H,2-5,8H2,1H3/t12-/m0/s1. The lowest BCUT2D eigenvalue weighted by molar-refractivity contribution is 0.145. The highest BCUT2D eigenvalue weighted by Gasteiger charge is 2.26. The van der Waals surface area contributed by atoms with Crippen molar-refractivity contribution >= 4 is 15.9 Å². The van der Waals surface area contributed by atoms with E-state index in [1.165, 1.54) is 0 Å². The van der Waals surface area contributed by atoms with Crippen LogP contribution in [0.3, 0.4) is 0 Å². The van der Waals surface area contributed by atoms with Crippen LogP contribution in [0.4, 0.5) is 4.39 Å². The summed E-state index contributed by atoms with van der Waals surface area (Å²) in [5.41, 5.74) is 0.565. The number of rotatable bonds is 4. The molecule has 1 aromatic rings. The maximum atomic E-state index is 13.4. The lowest BCUT2D eigenvalue weighted by Crippen LogP contribution is -2.45. The van der Waals surface area contributed by atoms with E-state index in [9.17, 15) is 9.50 Å². The van der Waals surface area contributed by atoms with E-state index in [1.54, 1.807) is 19.2 Å². The highest BCUT2D eigenvalue weighted by Crippen LogP contribution is 2.38. The van der Waals surface area contributed by atoms with Gasteiger partial charge >= 0.3 is 0 Å². The SMILES string of the molecule is COc1cc(Br)c(O)c([C@H](CF)N2CCNCC2)c1. The van der Waals surface area contributed by atoms with Crippen LogP contribution in [-0.2, 0) is 0 Å². The maximum absolute atomic E-state index is 13.4. The van der Waals surface area contributed by atoms with Gasteiger partial charge in [0, 0.05) is 31.7 Å². The molecule has 0 spiro atoms. The molecule has 0 saturated carbocycles. The molecule has 2 rings (SSSR count). The number of nitrogens with one attached hydrogen (secondary N) is 1. The Morgan fingerprint density at radius 1 is 1.47 bits per heavy atom.